The van der Waals surface area contributed by atoms with Crippen molar-refractivity contribution in [3.63, 3.8) is 0 Å². The molecule has 0 spiro atoms. The maximum Gasteiger partial charge on any atom is 0.373 e. The van der Waals surface area contributed by atoms with E-state index < -0.39 is 4.92 Å². The molecule has 2 aromatic rings. The van der Waals surface area contributed by atoms with E-state index in [0.717, 1.165) is 13.1 Å². The van der Waals surface area contributed by atoms with E-state index in [2.05, 4.69) is 20.8 Å². The molecule has 1 aromatic carbocycles. The molecule has 2 heterocycles. The predicted octanol–water partition coefficient (Wildman–Crippen LogP) is 1.91. The second-order valence-electron chi connectivity index (χ2n) is 5.67. The van der Waals surface area contributed by atoms with Gasteiger partial charge in [0.15, 0.2) is 0 Å². The minimum Gasteiger partial charge on any atom is -0.434 e. The van der Waals surface area contributed by atoms with Crippen molar-refractivity contribution in [2.75, 3.05) is 38.1 Å². The number of ether oxygens (including phenoxy) is 1. The maximum atomic E-state index is 11.6. The molecule has 1 aromatic heterocycles. The summed E-state index contributed by atoms with van der Waals surface area (Å²) in [6, 6.07) is 6.76. The molecule has 8 nitrogen and oxygen atoms in total. The van der Waals surface area contributed by atoms with Crippen LogP contribution in [0, 0.1) is 22.5 Å². The number of piperazine rings is 1. The standard InChI is InChI=1S/C17H17N5O3/c1-3-13-5-4-6-14(11-13)25-17-15(22(23)24)16(18-12-19-17)21-9-7-20(2)8-10-21/h1,4-6,11-12H,7-10H2,2H3. The molecule has 25 heavy (non-hydrogen) atoms. The van der Waals surface area contributed by atoms with E-state index in [-0.39, 0.29) is 17.4 Å². The number of nitrogens with zero attached hydrogens (tertiary/aromatic N) is 5. The van der Waals surface area contributed by atoms with Gasteiger partial charge in [0.2, 0.25) is 5.82 Å². The first kappa shape index (κ1) is 16.7. The molecule has 1 aliphatic heterocycles. The van der Waals surface area contributed by atoms with Crippen molar-refractivity contribution >= 4 is 11.5 Å². The van der Waals surface area contributed by atoms with Gasteiger partial charge in [0.05, 0.1) is 4.92 Å². The summed E-state index contributed by atoms with van der Waals surface area (Å²) in [5, 5.41) is 11.6. The first-order chi connectivity index (χ1) is 12.1. The lowest BCUT2D eigenvalue weighted by atomic mass is 10.2. The Balaban J connectivity index is 1.95. The van der Waals surface area contributed by atoms with Crippen molar-refractivity contribution < 1.29 is 9.66 Å². The van der Waals surface area contributed by atoms with Crippen molar-refractivity contribution in [3.8, 4) is 24.0 Å². The Labute approximate surface area is 145 Å². The lowest BCUT2D eigenvalue weighted by molar-refractivity contribution is -0.385. The summed E-state index contributed by atoms with van der Waals surface area (Å²) < 4.78 is 5.64. The van der Waals surface area contributed by atoms with Crippen LogP contribution in [0.25, 0.3) is 0 Å². The first-order valence-electron chi connectivity index (χ1n) is 7.76. The summed E-state index contributed by atoms with van der Waals surface area (Å²) >= 11 is 0. The summed E-state index contributed by atoms with van der Waals surface area (Å²) in [7, 11) is 2.01. The van der Waals surface area contributed by atoms with Crippen LogP contribution in [0.5, 0.6) is 11.6 Å². The third-order valence-corrected chi connectivity index (χ3v) is 3.97. The molecule has 1 aliphatic rings. The number of anilines is 1. The second kappa shape index (κ2) is 7.15. The molecule has 128 valence electrons. The average Bonchev–Trinajstić information content (AvgIpc) is 2.62. The fourth-order valence-corrected chi connectivity index (χ4v) is 2.60. The molecule has 0 saturated carbocycles. The molecule has 0 aliphatic carbocycles. The molecular weight excluding hydrogens is 322 g/mol. The van der Waals surface area contributed by atoms with Crippen molar-refractivity contribution in [1.29, 1.82) is 0 Å². The molecule has 1 saturated heterocycles. The molecule has 0 bridgehead atoms. The van der Waals surface area contributed by atoms with E-state index in [4.69, 9.17) is 11.2 Å². The fraction of sp³-hybridized carbons (Fsp3) is 0.294. The van der Waals surface area contributed by atoms with E-state index in [1.807, 2.05) is 11.9 Å². The van der Waals surface area contributed by atoms with Gasteiger partial charge in [-0.2, -0.15) is 4.98 Å². The third-order valence-electron chi connectivity index (χ3n) is 3.97. The maximum absolute atomic E-state index is 11.6. The van der Waals surface area contributed by atoms with Crippen LogP contribution in [0.2, 0.25) is 0 Å². The van der Waals surface area contributed by atoms with Crippen LogP contribution >= 0.6 is 0 Å². The Morgan fingerprint density at radius 3 is 2.72 bits per heavy atom. The van der Waals surface area contributed by atoms with Gasteiger partial charge < -0.3 is 14.5 Å². The summed E-state index contributed by atoms with van der Waals surface area (Å²) in [5.74, 6) is 3.07. The molecule has 0 N–H and O–H groups in total. The summed E-state index contributed by atoms with van der Waals surface area (Å²) in [6.45, 7) is 2.92. The Bertz CT molecular complexity index is 825. The lowest BCUT2D eigenvalue weighted by Crippen LogP contribution is -2.45. The van der Waals surface area contributed by atoms with Crippen molar-refractivity contribution in [1.82, 2.24) is 14.9 Å². The topological polar surface area (TPSA) is 84.6 Å². The summed E-state index contributed by atoms with van der Waals surface area (Å²) in [6.07, 6.45) is 6.65. The highest BCUT2D eigenvalue weighted by Crippen LogP contribution is 2.36. The van der Waals surface area contributed by atoms with Gasteiger partial charge in [-0.05, 0) is 25.2 Å². The van der Waals surface area contributed by atoms with Crippen molar-refractivity contribution in [2.24, 2.45) is 0 Å². The molecule has 0 amide bonds. The van der Waals surface area contributed by atoms with Gasteiger partial charge in [-0.25, -0.2) is 4.98 Å². The average molecular weight is 339 g/mol. The molecule has 3 rings (SSSR count). The van der Waals surface area contributed by atoms with Crippen LogP contribution in [-0.2, 0) is 0 Å². The van der Waals surface area contributed by atoms with Crippen molar-refractivity contribution in [2.45, 2.75) is 0 Å². The zero-order valence-corrected chi connectivity index (χ0v) is 13.8. The second-order valence-corrected chi connectivity index (χ2v) is 5.67. The van der Waals surface area contributed by atoms with E-state index in [1.165, 1.54) is 6.33 Å². The molecular formula is C17H17N5O3. The Morgan fingerprint density at radius 1 is 1.28 bits per heavy atom. The predicted molar refractivity (Wildman–Crippen MR) is 92.8 cm³/mol. The van der Waals surface area contributed by atoms with E-state index in [0.29, 0.717) is 24.4 Å². The lowest BCUT2D eigenvalue weighted by Gasteiger charge is -2.32. The van der Waals surface area contributed by atoms with Crippen LogP contribution in [0.1, 0.15) is 5.56 Å². The highest BCUT2D eigenvalue weighted by Gasteiger charge is 2.30. The molecule has 0 unspecified atom stereocenters. The summed E-state index contributed by atoms with van der Waals surface area (Å²) in [4.78, 5) is 23.3. The van der Waals surface area contributed by atoms with Crippen LogP contribution in [0.15, 0.2) is 30.6 Å². The van der Waals surface area contributed by atoms with E-state index >= 15 is 0 Å². The number of nitro groups is 1. The zero-order valence-electron chi connectivity index (χ0n) is 13.8. The fourth-order valence-electron chi connectivity index (χ4n) is 2.60. The van der Waals surface area contributed by atoms with Gasteiger partial charge in [-0.15, -0.1) is 6.42 Å². The van der Waals surface area contributed by atoms with Gasteiger partial charge in [-0.3, -0.25) is 10.1 Å². The molecule has 8 heteroatoms. The van der Waals surface area contributed by atoms with Crippen LogP contribution in [0.3, 0.4) is 0 Å². The minimum absolute atomic E-state index is 0.0944. The monoisotopic (exact) mass is 339 g/mol. The van der Waals surface area contributed by atoms with Crippen LogP contribution in [0.4, 0.5) is 11.5 Å². The Kier molecular flexibility index (Phi) is 4.77. The van der Waals surface area contributed by atoms with Gasteiger partial charge in [0, 0.05) is 31.7 Å². The Hall–Kier alpha value is -3.18. The number of rotatable bonds is 4. The van der Waals surface area contributed by atoms with Crippen molar-refractivity contribution in [3.05, 3.63) is 46.3 Å². The van der Waals surface area contributed by atoms with E-state index in [1.54, 1.807) is 24.3 Å². The normalized spacial score (nSPS) is 14.8. The highest BCUT2D eigenvalue weighted by molar-refractivity contribution is 5.63. The molecule has 0 radical (unpaired) electrons. The largest absolute Gasteiger partial charge is 0.434 e. The third kappa shape index (κ3) is 3.67. The van der Waals surface area contributed by atoms with Gasteiger partial charge in [0.1, 0.15) is 12.1 Å². The highest BCUT2D eigenvalue weighted by atomic mass is 16.6. The summed E-state index contributed by atoms with van der Waals surface area (Å²) in [5.41, 5.74) is 0.381. The number of terminal acetylenes is 1. The quantitative estimate of drug-likeness (QED) is 0.478. The molecule has 1 fully saturated rings. The number of likely N-dealkylation sites (N-methyl/N-ethyl adjacent to an activating group) is 1. The minimum atomic E-state index is -0.506. The van der Waals surface area contributed by atoms with Gasteiger partial charge in [0.25, 0.3) is 0 Å². The van der Waals surface area contributed by atoms with Crippen LogP contribution < -0.4 is 9.64 Å². The molecule has 0 atom stereocenters. The van der Waals surface area contributed by atoms with Gasteiger partial charge in [-0.1, -0.05) is 12.0 Å². The van der Waals surface area contributed by atoms with Crippen LogP contribution in [-0.4, -0.2) is 53.0 Å². The number of hydrogen-bond acceptors (Lipinski definition) is 7. The number of aromatic nitrogens is 2. The SMILES string of the molecule is C#Cc1cccc(Oc2ncnc(N3CCN(C)CC3)c2[N+](=O)[O-])c1. The van der Waals surface area contributed by atoms with Gasteiger partial charge >= 0.3 is 11.6 Å². The smallest absolute Gasteiger partial charge is 0.373 e. The first-order valence-corrected chi connectivity index (χ1v) is 7.76. The number of benzene rings is 1. The number of hydrogen-bond donors (Lipinski definition) is 0. The Morgan fingerprint density at radius 2 is 2.04 bits per heavy atom. The van der Waals surface area contributed by atoms with E-state index in [9.17, 15) is 10.1 Å². The zero-order chi connectivity index (χ0) is 17.8.